The van der Waals surface area contributed by atoms with Crippen molar-refractivity contribution < 1.29 is 4.79 Å². The zero-order valence-corrected chi connectivity index (χ0v) is 16.4. The minimum Gasteiger partial charge on any atom is -0.364 e. The van der Waals surface area contributed by atoms with Crippen LogP contribution in [-0.2, 0) is 0 Å². The van der Waals surface area contributed by atoms with Crippen LogP contribution in [0.15, 0.2) is 36.7 Å². The van der Waals surface area contributed by atoms with Gasteiger partial charge >= 0.3 is 0 Å². The number of nitrogens with two attached hydrogens (primary N) is 1. The summed E-state index contributed by atoms with van der Waals surface area (Å²) in [5.41, 5.74) is 8.07. The summed E-state index contributed by atoms with van der Waals surface area (Å²) in [4.78, 5) is 21.0. The van der Waals surface area contributed by atoms with E-state index in [1.807, 2.05) is 37.5 Å². The zero-order valence-electron chi connectivity index (χ0n) is 15.7. The molecule has 1 amide bonds. The number of aromatic nitrogens is 3. The summed E-state index contributed by atoms with van der Waals surface area (Å²) < 4.78 is 1.71. The molecule has 1 fully saturated rings. The summed E-state index contributed by atoms with van der Waals surface area (Å²) in [5.74, 6) is 0.122. The molecule has 28 heavy (non-hydrogen) atoms. The SMILES string of the molecule is CNC1CCC(Nc2ncc(C(N)=O)n3cc(-c4ccc(Cl)cc4)nc23)CC1. The summed E-state index contributed by atoms with van der Waals surface area (Å²) in [5, 5.41) is 7.51. The highest BCUT2D eigenvalue weighted by atomic mass is 35.5. The Morgan fingerprint density at radius 1 is 1.18 bits per heavy atom. The van der Waals surface area contributed by atoms with Crippen LogP contribution in [0.5, 0.6) is 0 Å². The van der Waals surface area contributed by atoms with E-state index in [0.717, 1.165) is 36.9 Å². The van der Waals surface area contributed by atoms with Gasteiger partial charge in [0.2, 0.25) is 0 Å². The molecule has 1 aliphatic rings. The van der Waals surface area contributed by atoms with Gasteiger partial charge in [0.1, 0.15) is 5.69 Å². The first-order valence-corrected chi connectivity index (χ1v) is 9.80. The van der Waals surface area contributed by atoms with Crippen LogP contribution in [0.3, 0.4) is 0 Å². The molecule has 1 aliphatic carbocycles. The quantitative estimate of drug-likeness (QED) is 0.613. The molecule has 146 valence electrons. The molecule has 0 spiro atoms. The Kier molecular flexibility index (Phi) is 5.19. The van der Waals surface area contributed by atoms with Gasteiger partial charge in [0.15, 0.2) is 11.5 Å². The van der Waals surface area contributed by atoms with Gasteiger partial charge in [-0.3, -0.25) is 9.20 Å². The molecule has 1 aromatic carbocycles. The van der Waals surface area contributed by atoms with Crippen molar-refractivity contribution in [2.75, 3.05) is 12.4 Å². The highest BCUT2D eigenvalue weighted by Crippen LogP contribution is 2.27. The molecule has 2 aromatic heterocycles. The molecule has 8 heteroatoms. The number of carbonyl (C=O) groups is 1. The minimum atomic E-state index is -0.543. The normalized spacial score (nSPS) is 19.6. The Balaban J connectivity index is 1.70. The summed E-state index contributed by atoms with van der Waals surface area (Å²) in [7, 11) is 2.01. The molecule has 4 rings (SSSR count). The molecule has 0 aliphatic heterocycles. The molecule has 7 nitrogen and oxygen atoms in total. The third-order valence-corrected chi connectivity index (χ3v) is 5.61. The van der Waals surface area contributed by atoms with Crippen molar-refractivity contribution in [1.29, 1.82) is 0 Å². The first-order chi connectivity index (χ1) is 13.5. The van der Waals surface area contributed by atoms with Gasteiger partial charge in [-0.1, -0.05) is 23.7 Å². The highest BCUT2D eigenvalue weighted by Gasteiger charge is 2.22. The Hall–Kier alpha value is -2.64. The second-order valence-electron chi connectivity index (χ2n) is 7.16. The standard InChI is InChI=1S/C20H23ClN6O/c1-23-14-6-8-15(9-7-14)25-19-20-26-16(12-2-4-13(21)5-3-12)11-27(20)17(10-24-19)18(22)28/h2-5,10-11,14-15,23H,6-9H2,1H3,(H2,22,28)(H,24,25). The monoisotopic (exact) mass is 398 g/mol. The van der Waals surface area contributed by atoms with Crippen LogP contribution in [0, 0.1) is 0 Å². The Labute approximate surface area is 168 Å². The maximum absolute atomic E-state index is 11.9. The second kappa shape index (κ2) is 7.77. The Morgan fingerprint density at radius 2 is 1.86 bits per heavy atom. The number of rotatable bonds is 5. The number of hydrogen-bond donors (Lipinski definition) is 3. The first kappa shape index (κ1) is 18.7. The van der Waals surface area contributed by atoms with E-state index >= 15 is 0 Å². The van der Waals surface area contributed by atoms with Crippen LogP contribution >= 0.6 is 11.6 Å². The third kappa shape index (κ3) is 3.68. The van der Waals surface area contributed by atoms with E-state index in [1.54, 1.807) is 4.40 Å². The number of nitrogens with zero attached hydrogens (tertiary/aromatic N) is 3. The molecule has 1 saturated carbocycles. The fraction of sp³-hybridized carbons (Fsp3) is 0.350. The average Bonchev–Trinajstić information content (AvgIpc) is 3.15. The highest BCUT2D eigenvalue weighted by molar-refractivity contribution is 6.30. The van der Waals surface area contributed by atoms with Crippen LogP contribution < -0.4 is 16.4 Å². The van der Waals surface area contributed by atoms with E-state index in [4.69, 9.17) is 22.3 Å². The Bertz CT molecular complexity index is 992. The van der Waals surface area contributed by atoms with Crippen LogP contribution in [0.4, 0.5) is 5.82 Å². The summed E-state index contributed by atoms with van der Waals surface area (Å²) in [6, 6.07) is 8.32. The van der Waals surface area contributed by atoms with Gasteiger partial charge in [0.25, 0.3) is 5.91 Å². The zero-order chi connectivity index (χ0) is 19.7. The molecule has 0 atom stereocenters. The van der Waals surface area contributed by atoms with E-state index < -0.39 is 5.91 Å². The predicted octanol–water partition coefficient (Wildman–Crippen LogP) is 3.09. The lowest BCUT2D eigenvalue weighted by molar-refractivity contribution is 0.0994. The van der Waals surface area contributed by atoms with Gasteiger partial charge in [-0.05, 0) is 44.9 Å². The van der Waals surface area contributed by atoms with Crippen LogP contribution in [0.1, 0.15) is 36.2 Å². The fourth-order valence-corrected chi connectivity index (χ4v) is 3.87. The number of hydrogen-bond acceptors (Lipinski definition) is 5. The van der Waals surface area contributed by atoms with Crippen molar-refractivity contribution in [3.05, 3.63) is 47.4 Å². The van der Waals surface area contributed by atoms with Gasteiger partial charge in [0, 0.05) is 28.9 Å². The van der Waals surface area contributed by atoms with E-state index in [-0.39, 0.29) is 0 Å². The number of fused-ring (bicyclic) bond motifs is 1. The summed E-state index contributed by atoms with van der Waals surface area (Å²) in [6.07, 6.45) is 7.67. The summed E-state index contributed by atoms with van der Waals surface area (Å²) in [6.45, 7) is 0. The average molecular weight is 399 g/mol. The molecule has 4 N–H and O–H groups in total. The largest absolute Gasteiger partial charge is 0.364 e. The van der Waals surface area contributed by atoms with E-state index in [0.29, 0.717) is 34.3 Å². The first-order valence-electron chi connectivity index (χ1n) is 9.43. The van der Waals surface area contributed by atoms with Gasteiger partial charge < -0.3 is 16.4 Å². The topological polar surface area (TPSA) is 97.3 Å². The number of halogens is 1. The number of amides is 1. The number of imidazole rings is 1. The van der Waals surface area contributed by atoms with Gasteiger partial charge in [-0.25, -0.2) is 9.97 Å². The molecule has 2 heterocycles. The molecular weight excluding hydrogens is 376 g/mol. The molecule has 0 radical (unpaired) electrons. The van der Waals surface area contributed by atoms with Crippen LogP contribution in [0.25, 0.3) is 16.9 Å². The van der Waals surface area contributed by atoms with Crippen molar-refractivity contribution in [3.63, 3.8) is 0 Å². The molecule has 0 bridgehead atoms. The maximum Gasteiger partial charge on any atom is 0.267 e. The van der Waals surface area contributed by atoms with E-state index in [2.05, 4.69) is 15.6 Å². The Morgan fingerprint density at radius 3 is 2.50 bits per heavy atom. The number of anilines is 1. The van der Waals surface area contributed by atoms with Crippen molar-refractivity contribution in [2.45, 2.75) is 37.8 Å². The van der Waals surface area contributed by atoms with Crippen molar-refractivity contribution in [2.24, 2.45) is 5.73 Å². The van der Waals surface area contributed by atoms with E-state index in [9.17, 15) is 4.79 Å². The van der Waals surface area contributed by atoms with Crippen LogP contribution in [-0.4, -0.2) is 39.4 Å². The molecule has 0 saturated heterocycles. The lowest BCUT2D eigenvalue weighted by Crippen LogP contribution is -2.35. The summed E-state index contributed by atoms with van der Waals surface area (Å²) >= 11 is 5.99. The lowest BCUT2D eigenvalue weighted by atomic mass is 9.91. The number of primary amides is 1. The second-order valence-corrected chi connectivity index (χ2v) is 7.60. The lowest BCUT2D eigenvalue weighted by Gasteiger charge is -2.29. The molecule has 0 unspecified atom stereocenters. The third-order valence-electron chi connectivity index (χ3n) is 5.36. The van der Waals surface area contributed by atoms with Crippen molar-refractivity contribution in [3.8, 4) is 11.3 Å². The van der Waals surface area contributed by atoms with Gasteiger partial charge in [-0.2, -0.15) is 0 Å². The van der Waals surface area contributed by atoms with Gasteiger partial charge in [0.05, 0.1) is 11.9 Å². The van der Waals surface area contributed by atoms with Crippen LogP contribution in [0.2, 0.25) is 5.02 Å². The number of carbonyl (C=O) groups excluding carboxylic acids is 1. The predicted molar refractivity (Wildman–Crippen MR) is 111 cm³/mol. The van der Waals surface area contributed by atoms with Gasteiger partial charge in [-0.15, -0.1) is 0 Å². The minimum absolute atomic E-state index is 0.298. The fourth-order valence-electron chi connectivity index (χ4n) is 3.74. The number of benzene rings is 1. The smallest absolute Gasteiger partial charge is 0.267 e. The van der Waals surface area contributed by atoms with Crippen molar-refractivity contribution in [1.82, 2.24) is 19.7 Å². The van der Waals surface area contributed by atoms with E-state index in [1.165, 1.54) is 6.20 Å². The number of nitrogens with one attached hydrogen (secondary N) is 2. The van der Waals surface area contributed by atoms with Crippen molar-refractivity contribution >= 4 is 29.0 Å². The maximum atomic E-state index is 11.9. The molecular formula is C20H23ClN6O. The molecule has 3 aromatic rings.